The number of urea groups is 1. The number of hydrazone groups is 1. The number of carbonyl (C=O) groups is 2. The highest BCUT2D eigenvalue weighted by atomic mass is 35.5. The second-order valence-corrected chi connectivity index (χ2v) is 12.1. The van der Waals surface area contributed by atoms with Crippen molar-refractivity contribution in [2.24, 2.45) is 11.0 Å². The maximum absolute atomic E-state index is 14.3. The monoisotopic (exact) mass is 616 g/mol. The minimum absolute atomic E-state index is 0.0842. The minimum atomic E-state index is -4.37. The third-order valence-electron chi connectivity index (χ3n) is 6.73. The molecule has 11 nitrogen and oxygen atoms in total. The van der Waals surface area contributed by atoms with Crippen LogP contribution in [0.2, 0.25) is 10.0 Å². The fraction of sp³-hybridized carbons (Fsp3) is 0.296. The van der Waals surface area contributed by atoms with E-state index in [4.69, 9.17) is 27.4 Å². The van der Waals surface area contributed by atoms with E-state index < -0.39 is 28.1 Å². The summed E-state index contributed by atoms with van der Waals surface area (Å²) in [5.74, 6) is -0.580. The number of nitrogens with zero attached hydrogens (tertiary/aromatic N) is 5. The van der Waals surface area contributed by atoms with Crippen molar-refractivity contribution in [3.63, 3.8) is 0 Å². The number of nitrogens with one attached hydrogen (secondary N) is 1. The number of hydrogen-bond acceptors (Lipinski definition) is 9. The molecule has 1 aliphatic carbocycles. The molecule has 214 valence electrons. The first-order chi connectivity index (χ1) is 19.5. The van der Waals surface area contributed by atoms with Gasteiger partial charge in [-0.3, -0.25) is 4.79 Å². The molecule has 1 aliphatic heterocycles. The largest absolute Gasteiger partial charge is 0.360 e. The van der Waals surface area contributed by atoms with Gasteiger partial charge < -0.3 is 9.50 Å². The third kappa shape index (κ3) is 6.29. The molecule has 2 aliphatic rings. The maximum atomic E-state index is 14.3. The first-order valence-corrected chi connectivity index (χ1v) is 14.9. The standard InChI is InChI=1S/C27H26Cl2N6O5S/c1-16-14-19(28)10-11-21(16)34(27(37)32-17(2)18-8-9-18)26(36)22-15-23(33-35(22)25-20(29)6-5-13-31-25)40-41(38,39)24-7-3-4-12-30-24/h3-7,10-14,17-18,22H,8-9,15H2,1-2H3,(H,32,37). The topological polar surface area (TPSA) is 134 Å². The lowest BCUT2D eigenvalue weighted by Gasteiger charge is -2.30. The number of carbonyl (C=O) groups excluding carboxylic acids is 2. The molecule has 41 heavy (non-hydrogen) atoms. The van der Waals surface area contributed by atoms with E-state index in [0.29, 0.717) is 22.2 Å². The lowest BCUT2D eigenvalue weighted by atomic mass is 10.1. The van der Waals surface area contributed by atoms with Crippen molar-refractivity contribution in [3.8, 4) is 0 Å². The molecule has 1 aromatic carbocycles. The summed E-state index contributed by atoms with van der Waals surface area (Å²) in [5.41, 5.74) is 0.887. The Kier molecular flexibility index (Phi) is 8.16. The predicted molar refractivity (Wildman–Crippen MR) is 154 cm³/mol. The van der Waals surface area contributed by atoms with Gasteiger partial charge in [0.05, 0.1) is 17.1 Å². The average Bonchev–Trinajstić information content (AvgIpc) is 3.71. The van der Waals surface area contributed by atoms with Crippen LogP contribution < -0.4 is 15.2 Å². The Labute approximate surface area is 247 Å². The summed E-state index contributed by atoms with van der Waals surface area (Å²) >= 11 is 12.6. The fourth-order valence-electron chi connectivity index (χ4n) is 4.45. The normalized spacial score (nSPS) is 17.5. The predicted octanol–water partition coefficient (Wildman–Crippen LogP) is 4.93. The zero-order chi connectivity index (χ0) is 29.3. The Morgan fingerprint density at radius 1 is 1.10 bits per heavy atom. The summed E-state index contributed by atoms with van der Waals surface area (Å²) in [7, 11) is -4.37. The molecule has 0 bridgehead atoms. The van der Waals surface area contributed by atoms with Crippen LogP contribution in [-0.4, -0.2) is 48.3 Å². The van der Waals surface area contributed by atoms with Crippen molar-refractivity contribution in [2.75, 3.05) is 9.91 Å². The Morgan fingerprint density at radius 2 is 1.85 bits per heavy atom. The van der Waals surface area contributed by atoms with E-state index in [2.05, 4.69) is 20.4 Å². The van der Waals surface area contributed by atoms with E-state index in [1.54, 1.807) is 43.3 Å². The van der Waals surface area contributed by atoms with Gasteiger partial charge in [0.2, 0.25) is 5.90 Å². The summed E-state index contributed by atoms with van der Waals surface area (Å²) in [6.07, 6.45) is 4.44. The van der Waals surface area contributed by atoms with Gasteiger partial charge in [0, 0.05) is 23.5 Å². The van der Waals surface area contributed by atoms with Crippen LogP contribution in [-0.2, 0) is 19.1 Å². The van der Waals surface area contributed by atoms with Gasteiger partial charge >= 0.3 is 16.1 Å². The van der Waals surface area contributed by atoms with Crippen LogP contribution in [0.4, 0.5) is 16.3 Å². The first kappa shape index (κ1) is 28.8. The van der Waals surface area contributed by atoms with Gasteiger partial charge in [-0.05, 0) is 80.6 Å². The molecular formula is C27H26Cl2N6O5S. The van der Waals surface area contributed by atoms with Crippen molar-refractivity contribution in [1.82, 2.24) is 15.3 Å². The lowest BCUT2D eigenvalue weighted by Crippen LogP contribution is -2.53. The SMILES string of the molecule is Cc1cc(Cl)ccc1N(C(=O)NC(C)C1CC1)C(=O)C1CC(OS(=O)(=O)c2ccccn2)=NN1c1ncccc1Cl. The van der Waals surface area contributed by atoms with Gasteiger partial charge in [-0.1, -0.05) is 29.3 Å². The van der Waals surface area contributed by atoms with Gasteiger partial charge in [-0.25, -0.2) is 24.7 Å². The molecule has 0 spiro atoms. The third-order valence-corrected chi connectivity index (χ3v) is 8.42. The molecular weight excluding hydrogens is 591 g/mol. The molecule has 3 heterocycles. The number of amides is 3. The molecule has 2 aromatic heterocycles. The molecule has 0 saturated heterocycles. The molecule has 3 aromatic rings. The number of halogens is 2. The van der Waals surface area contributed by atoms with E-state index in [0.717, 1.165) is 17.7 Å². The minimum Gasteiger partial charge on any atom is -0.360 e. The first-order valence-electron chi connectivity index (χ1n) is 12.8. The van der Waals surface area contributed by atoms with Gasteiger partial charge in [0.25, 0.3) is 5.91 Å². The summed E-state index contributed by atoms with van der Waals surface area (Å²) in [5, 5.41) is 8.64. The van der Waals surface area contributed by atoms with E-state index in [1.807, 2.05) is 6.92 Å². The summed E-state index contributed by atoms with van der Waals surface area (Å²) in [6.45, 7) is 3.62. The van der Waals surface area contributed by atoms with Gasteiger partial charge in [-0.2, -0.15) is 8.42 Å². The van der Waals surface area contributed by atoms with Crippen LogP contribution in [0.15, 0.2) is 71.1 Å². The van der Waals surface area contributed by atoms with Crippen LogP contribution >= 0.6 is 23.2 Å². The van der Waals surface area contributed by atoms with Crippen LogP contribution in [0, 0.1) is 12.8 Å². The smallest absolute Gasteiger partial charge is 0.358 e. The number of benzene rings is 1. The van der Waals surface area contributed by atoms with Gasteiger partial charge in [-0.15, -0.1) is 5.10 Å². The van der Waals surface area contributed by atoms with Crippen molar-refractivity contribution in [2.45, 2.75) is 50.2 Å². The van der Waals surface area contributed by atoms with Crippen molar-refractivity contribution >= 4 is 62.7 Å². The number of aromatic nitrogens is 2. The molecule has 0 radical (unpaired) electrons. The lowest BCUT2D eigenvalue weighted by molar-refractivity contribution is -0.119. The van der Waals surface area contributed by atoms with Gasteiger partial charge in [0.15, 0.2) is 10.8 Å². The van der Waals surface area contributed by atoms with E-state index in [1.165, 1.54) is 29.5 Å². The molecule has 1 saturated carbocycles. The molecule has 2 atom stereocenters. The molecule has 1 fully saturated rings. The van der Waals surface area contributed by atoms with Crippen molar-refractivity contribution in [1.29, 1.82) is 0 Å². The number of pyridine rings is 2. The van der Waals surface area contributed by atoms with Crippen LogP contribution in [0.25, 0.3) is 0 Å². The number of imide groups is 1. The molecule has 5 rings (SSSR count). The molecule has 14 heteroatoms. The molecule has 3 amide bonds. The van der Waals surface area contributed by atoms with Crippen molar-refractivity contribution in [3.05, 3.63) is 76.5 Å². The van der Waals surface area contributed by atoms with Gasteiger partial charge in [0.1, 0.15) is 6.04 Å². The van der Waals surface area contributed by atoms with E-state index in [-0.39, 0.29) is 34.2 Å². The van der Waals surface area contributed by atoms with Crippen LogP contribution in [0.5, 0.6) is 0 Å². The van der Waals surface area contributed by atoms with Crippen LogP contribution in [0.3, 0.4) is 0 Å². The summed E-state index contributed by atoms with van der Waals surface area (Å²) < 4.78 is 31.1. The number of hydrogen-bond donors (Lipinski definition) is 1. The van der Waals surface area contributed by atoms with Crippen molar-refractivity contribution < 1.29 is 22.2 Å². The Balaban J connectivity index is 1.52. The number of anilines is 2. The number of rotatable bonds is 7. The zero-order valence-corrected chi connectivity index (χ0v) is 24.4. The molecule has 2 unspecified atom stereocenters. The highest BCUT2D eigenvalue weighted by Crippen LogP contribution is 2.35. The van der Waals surface area contributed by atoms with E-state index in [9.17, 15) is 18.0 Å². The Hall–Kier alpha value is -3.74. The average molecular weight is 618 g/mol. The second-order valence-electron chi connectivity index (χ2n) is 9.75. The fourth-order valence-corrected chi connectivity index (χ4v) is 5.76. The maximum Gasteiger partial charge on any atom is 0.358 e. The zero-order valence-electron chi connectivity index (χ0n) is 22.1. The quantitative estimate of drug-likeness (QED) is 0.369. The highest BCUT2D eigenvalue weighted by molar-refractivity contribution is 7.87. The number of aryl methyl sites for hydroxylation is 1. The summed E-state index contributed by atoms with van der Waals surface area (Å²) in [4.78, 5) is 37.1. The Bertz CT molecular complexity index is 1620. The van der Waals surface area contributed by atoms with E-state index >= 15 is 0 Å². The highest BCUT2D eigenvalue weighted by Gasteiger charge is 2.43. The summed E-state index contributed by atoms with van der Waals surface area (Å²) in [6, 6.07) is 10.3. The molecule has 1 N–H and O–H groups in total. The Morgan fingerprint density at radius 3 is 2.51 bits per heavy atom. The van der Waals surface area contributed by atoms with Crippen LogP contribution in [0.1, 0.15) is 31.7 Å². The second kappa shape index (κ2) is 11.6.